The van der Waals surface area contributed by atoms with Crippen LogP contribution in [0.15, 0.2) is 16.6 Å². The predicted octanol–water partition coefficient (Wildman–Crippen LogP) is 3.62. The third-order valence-corrected chi connectivity index (χ3v) is 4.13. The van der Waals surface area contributed by atoms with E-state index in [9.17, 15) is 4.39 Å². The normalized spacial score (nSPS) is 20.1. The maximum Gasteiger partial charge on any atom is 0.142 e. The highest BCUT2D eigenvalue weighted by Crippen LogP contribution is 2.53. The van der Waals surface area contributed by atoms with E-state index in [0.717, 1.165) is 12.8 Å². The van der Waals surface area contributed by atoms with Crippen molar-refractivity contribution in [1.29, 1.82) is 0 Å². The van der Waals surface area contributed by atoms with E-state index in [1.54, 1.807) is 12.1 Å². The molecule has 0 aromatic heterocycles. The van der Waals surface area contributed by atoms with Gasteiger partial charge in [0, 0.05) is 22.0 Å². The van der Waals surface area contributed by atoms with E-state index in [1.807, 2.05) is 6.92 Å². The van der Waals surface area contributed by atoms with Crippen molar-refractivity contribution in [3.05, 3.63) is 33.0 Å². The number of rotatable bonds is 2. The molecule has 1 fully saturated rings. The Morgan fingerprint density at radius 1 is 1.53 bits per heavy atom. The molecule has 82 valence electrons. The summed E-state index contributed by atoms with van der Waals surface area (Å²) in [6.07, 6.45) is 1.83. The van der Waals surface area contributed by atoms with Gasteiger partial charge < -0.3 is 5.73 Å². The molecule has 1 aliphatic rings. The van der Waals surface area contributed by atoms with Crippen LogP contribution in [0.25, 0.3) is 0 Å². The summed E-state index contributed by atoms with van der Waals surface area (Å²) in [7, 11) is 0. The van der Waals surface area contributed by atoms with E-state index in [4.69, 9.17) is 17.3 Å². The number of benzene rings is 1. The summed E-state index contributed by atoms with van der Waals surface area (Å²) in [6, 6.07) is 3.27. The van der Waals surface area contributed by atoms with Crippen molar-refractivity contribution in [3.63, 3.8) is 0 Å². The molecule has 0 radical (unpaired) electrons. The maximum atomic E-state index is 14.0. The lowest BCUT2D eigenvalue weighted by molar-refractivity contribution is 0.509. The first-order valence-electron chi connectivity index (χ1n) is 4.88. The first-order valence-corrected chi connectivity index (χ1v) is 6.06. The first kappa shape index (κ1) is 11.4. The number of hydrogen-bond acceptors (Lipinski definition) is 1. The van der Waals surface area contributed by atoms with Crippen LogP contribution in [0.2, 0.25) is 5.02 Å². The zero-order valence-corrected chi connectivity index (χ0v) is 10.7. The zero-order valence-electron chi connectivity index (χ0n) is 8.36. The Bertz CT molecular complexity index is 402. The molecule has 0 bridgehead atoms. The van der Waals surface area contributed by atoms with Crippen LogP contribution in [0.3, 0.4) is 0 Å². The number of nitrogens with two attached hydrogens (primary N) is 1. The maximum absolute atomic E-state index is 14.0. The molecule has 2 N–H and O–H groups in total. The van der Waals surface area contributed by atoms with Gasteiger partial charge in [-0.2, -0.15) is 0 Å². The van der Waals surface area contributed by atoms with E-state index in [2.05, 4.69) is 15.9 Å². The van der Waals surface area contributed by atoms with Crippen molar-refractivity contribution in [3.8, 4) is 0 Å². The van der Waals surface area contributed by atoms with Crippen LogP contribution >= 0.6 is 27.5 Å². The third kappa shape index (κ3) is 1.71. The summed E-state index contributed by atoms with van der Waals surface area (Å²) in [5.41, 5.74) is 6.24. The van der Waals surface area contributed by atoms with Gasteiger partial charge in [0.2, 0.25) is 0 Å². The Morgan fingerprint density at radius 2 is 2.13 bits per heavy atom. The Balaban J connectivity index is 2.57. The van der Waals surface area contributed by atoms with Crippen molar-refractivity contribution in [2.45, 2.75) is 31.2 Å². The van der Waals surface area contributed by atoms with E-state index in [-0.39, 0.29) is 17.3 Å². The van der Waals surface area contributed by atoms with E-state index in [1.165, 1.54) is 0 Å². The molecule has 1 aliphatic carbocycles. The highest BCUT2D eigenvalue weighted by molar-refractivity contribution is 9.10. The van der Waals surface area contributed by atoms with Crippen molar-refractivity contribution >= 4 is 27.5 Å². The largest absolute Gasteiger partial charge is 0.327 e. The fourth-order valence-corrected chi connectivity index (χ4v) is 2.72. The van der Waals surface area contributed by atoms with Gasteiger partial charge in [0.05, 0.1) is 4.47 Å². The lowest BCUT2D eigenvalue weighted by Gasteiger charge is -2.22. The average molecular weight is 293 g/mol. The molecule has 1 aromatic rings. The average Bonchev–Trinajstić information content (AvgIpc) is 2.93. The fourth-order valence-electron chi connectivity index (χ4n) is 2.05. The fraction of sp³-hybridized carbons (Fsp3) is 0.455. The monoisotopic (exact) mass is 291 g/mol. The van der Waals surface area contributed by atoms with E-state index in [0.29, 0.717) is 15.1 Å². The predicted molar refractivity (Wildman–Crippen MR) is 63.7 cm³/mol. The molecule has 0 heterocycles. The van der Waals surface area contributed by atoms with Gasteiger partial charge in [0.1, 0.15) is 5.82 Å². The quantitative estimate of drug-likeness (QED) is 0.828. The first-order chi connectivity index (χ1) is 6.99. The van der Waals surface area contributed by atoms with Gasteiger partial charge >= 0.3 is 0 Å². The number of halogens is 3. The molecule has 0 spiro atoms. The van der Waals surface area contributed by atoms with Gasteiger partial charge in [-0.1, -0.05) is 11.6 Å². The van der Waals surface area contributed by atoms with Crippen LogP contribution < -0.4 is 5.73 Å². The molecule has 0 aliphatic heterocycles. The standard InChI is InChI=1S/C11H12BrClFN/c1-6(15)11(4-5-11)9-8(13)3-2-7(12)10(9)14/h2-3,6H,4-5,15H2,1H3. The van der Waals surface area contributed by atoms with Gasteiger partial charge in [-0.15, -0.1) is 0 Å². The van der Waals surface area contributed by atoms with Crippen LogP contribution in [0.5, 0.6) is 0 Å². The van der Waals surface area contributed by atoms with Crippen molar-refractivity contribution in [2.24, 2.45) is 5.73 Å². The lowest BCUT2D eigenvalue weighted by Crippen LogP contribution is -2.32. The van der Waals surface area contributed by atoms with Crippen molar-refractivity contribution in [1.82, 2.24) is 0 Å². The van der Waals surface area contributed by atoms with Crippen LogP contribution in [0, 0.1) is 5.82 Å². The van der Waals surface area contributed by atoms with Gasteiger partial charge in [0.15, 0.2) is 0 Å². The third-order valence-electron chi connectivity index (χ3n) is 3.20. The Labute approximate surface area is 102 Å². The topological polar surface area (TPSA) is 26.0 Å². The van der Waals surface area contributed by atoms with Crippen LogP contribution in [0.1, 0.15) is 25.3 Å². The molecule has 0 saturated heterocycles. The summed E-state index contributed by atoms with van der Waals surface area (Å²) in [6.45, 7) is 1.91. The molecule has 15 heavy (non-hydrogen) atoms. The van der Waals surface area contributed by atoms with Crippen LogP contribution in [-0.2, 0) is 5.41 Å². The van der Waals surface area contributed by atoms with Crippen molar-refractivity contribution < 1.29 is 4.39 Å². The molecule has 1 saturated carbocycles. The highest BCUT2D eigenvalue weighted by atomic mass is 79.9. The minimum Gasteiger partial charge on any atom is -0.327 e. The second-order valence-electron chi connectivity index (χ2n) is 4.16. The molecule has 1 atom stereocenters. The molecular formula is C11H12BrClFN. The van der Waals surface area contributed by atoms with Gasteiger partial charge in [-0.05, 0) is 47.8 Å². The molecule has 1 nitrogen and oxygen atoms in total. The van der Waals surface area contributed by atoms with Gasteiger partial charge in [-0.25, -0.2) is 4.39 Å². The summed E-state index contributed by atoms with van der Waals surface area (Å²) in [5.74, 6) is -0.266. The smallest absolute Gasteiger partial charge is 0.142 e. The molecule has 1 unspecified atom stereocenters. The minimum absolute atomic E-state index is 0.0706. The summed E-state index contributed by atoms with van der Waals surface area (Å²) in [4.78, 5) is 0. The molecule has 1 aromatic carbocycles. The zero-order chi connectivity index (χ0) is 11.2. The van der Waals surface area contributed by atoms with Crippen LogP contribution in [-0.4, -0.2) is 6.04 Å². The van der Waals surface area contributed by atoms with Crippen molar-refractivity contribution in [2.75, 3.05) is 0 Å². The van der Waals surface area contributed by atoms with Gasteiger partial charge in [0.25, 0.3) is 0 Å². The number of hydrogen-bond donors (Lipinski definition) is 1. The van der Waals surface area contributed by atoms with E-state index >= 15 is 0 Å². The molecule has 2 rings (SSSR count). The van der Waals surface area contributed by atoms with E-state index < -0.39 is 0 Å². The molecular weight excluding hydrogens is 280 g/mol. The summed E-state index contributed by atoms with van der Waals surface area (Å²) >= 11 is 9.23. The molecule has 0 amide bonds. The minimum atomic E-state index is -0.266. The van der Waals surface area contributed by atoms with Crippen LogP contribution in [0.4, 0.5) is 4.39 Å². The summed E-state index contributed by atoms with van der Waals surface area (Å²) < 4.78 is 14.4. The lowest BCUT2D eigenvalue weighted by atomic mass is 9.89. The molecule has 4 heteroatoms. The SMILES string of the molecule is CC(N)C1(c2c(Cl)ccc(Br)c2F)CC1. The Kier molecular flexibility index (Phi) is 2.82. The Morgan fingerprint density at radius 3 is 2.60 bits per heavy atom. The second-order valence-corrected chi connectivity index (χ2v) is 5.42. The highest BCUT2D eigenvalue weighted by Gasteiger charge is 2.50. The van der Waals surface area contributed by atoms with Gasteiger partial charge in [-0.3, -0.25) is 0 Å². The summed E-state index contributed by atoms with van der Waals surface area (Å²) in [5, 5.41) is 0.477. The Hall–Kier alpha value is -0.120. The second kappa shape index (κ2) is 3.72.